The lowest BCUT2D eigenvalue weighted by Gasteiger charge is -2.09. The largest absolute Gasteiger partial charge is 0.489 e. The summed E-state index contributed by atoms with van der Waals surface area (Å²) in [5.74, 6) is -1.20. The molecule has 0 bridgehead atoms. The van der Waals surface area contributed by atoms with Gasteiger partial charge >= 0.3 is 5.97 Å². The van der Waals surface area contributed by atoms with Crippen LogP contribution in [-0.2, 0) is 13.0 Å². The van der Waals surface area contributed by atoms with Gasteiger partial charge in [-0.05, 0) is 36.2 Å². The van der Waals surface area contributed by atoms with Crippen LogP contribution in [-0.4, -0.2) is 22.8 Å². The summed E-state index contributed by atoms with van der Waals surface area (Å²) in [4.78, 5) is 11.1. The van der Waals surface area contributed by atoms with Crippen LogP contribution in [0, 0.1) is 5.82 Å². The van der Waals surface area contributed by atoms with E-state index in [1.54, 1.807) is 12.1 Å². The highest BCUT2D eigenvalue weighted by molar-refractivity contribution is 5.89. The summed E-state index contributed by atoms with van der Waals surface area (Å²) in [6, 6.07) is 10.7. The fourth-order valence-electron chi connectivity index (χ4n) is 1.92. The van der Waals surface area contributed by atoms with Crippen molar-refractivity contribution in [3.05, 3.63) is 65.0 Å². The standard InChI is InChI=1S/C16H15FO4/c17-13-4-3-12(15(9-13)16(19)20)10-21-14-5-1-11(2-6-14)7-8-18/h1-6,9,18H,7-8,10H2,(H,19,20). The maximum atomic E-state index is 13.1. The Bertz CT molecular complexity index is 623. The Morgan fingerprint density at radius 3 is 2.48 bits per heavy atom. The first-order chi connectivity index (χ1) is 10.1. The molecule has 2 N–H and O–H groups in total. The molecule has 0 heterocycles. The summed E-state index contributed by atoms with van der Waals surface area (Å²) in [7, 11) is 0. The van der Waals surface area contributed by atoms with Crippen molar-refractivity contribution in [2.45, 2.75) is 13.0 Å². The number of hydrogen-bond donors (Lipinski definition) is 2. The fourth-order valence-corrected chi connectivity index (χ4v) is 1.92. The predicted molar refractivity (Wildman–Crippen MR) is 74.9 cm³/mol. The number of carbonyl (C=O) groups is 1. The first-order valence-electron chi connectivity index (χ1n) is 6.44. The molecule has 0 aliphatic rings. The molecule has 0 spiro atoms. The molecule has 0 unspecified atom stereocenters. The minimum atomic E-state index is -1.19. The number of hydrogen-bond acceptors (Lipinski definition) is 3. The van der Waals surface area contributed by atoms with Gasteiger partial charge in [-0.25, -0.2) is 9.18 Å². The van der Waals surface area contributed by atoms with Gasteiger partial charge < -0.3 is 14.9 Å². The minimum Gasteiger partial charge on any atom is -0.489 e. The molecule has 0 aromatic heterocycles. The molecule has 0 saturated carbocycles. The highest BCUT2D eigenvalue weighted by Crippen LogP contribution is 2.17. The molecular formula is C16H15FO4. The monoisotopic (exact) mass is 290 g/mol. The molecule has 4 nitrogen and oxygen atoms in total. The fraction of sp³-hybridized carbons (Fsp3) is 0.188. The smallest absolute Gasteiger partial charge is 0.336 e. The lowest BCUT2D eigenvalue weighted by atomic mass is 10.1. The molecule has 0 saturated heterocycles. The number of ether oxygens (including phenoxy) is 1. The van der Waals surface area contributed by atoms with E-state index in [1.807, 2.05) is 12.1 Å². The molecule has 2 aromatic carbocycles. The van der Waals surface area contributed by atoms with Crippen LogP contribution >= 0.6 is 0 Å². The van der Waals surface area contributed by atoms with Crippen LogP contribution in [0.4, 0.5) is 4.39 Å². The van der Waals surface area contributed by atoms with Crippen LogP contribution in [0.2, 0.25) is 0 Å². The van der Waals surface area contributed by atoms with Gasteiger partial charge in [0.2, 0.25) is 0 Å². The molecule has 0 aliphatic carbocycles. The van der Waals surface area contributed by atoms with Crippen LogP contribution in [0.25, 0.3) is 0 Å². The summed E-state index contributed by atoms with van der Waals surface area (Å²) >= 11 is 0. The second kappa shape index (κ2) is 6.85. The van der Waals surface area contributed by atoms with Crippen molar-refractivity contribution in [1.82, 2.24) is 0 Å². The van der Waals surface area contributed by atoms with Crippen molar-refractivity contribution in [1.29, 1.82) is 0 Å². The van der Waals surface area contributed by atoms with Crippen molar-refractivity contribution >= 4 is 5.97 Å². The molecule has 5 heteroatoms. The first-order valence-corrected chi connectivity index (χ1v) is 6.44. The Kier molecular flexibility index (Phi) is 4.90. The number of aromatic carboxylic acids is 1. The molecule has 2 rings (SSSR count). The highest BCUT2D eigenvalue weighted by atomic mass is 19.1. The third-order valence-corrected chi connectivity index (χ3v) is 3.02. The second-order valence-corrected chi connectivity index (χ2v) is 4.51. The van der Waals surface area contributed by atoms with Crippen LogP contribution in [0.3, 0.4) is 0 Å². The van der Waals surface area contributed by atoms with E-state index in [-0.39, 0.29) is 18.8 Å². The predicted octanol–water partition coefficient (Wildman–Crippen LogP) is 2.64. The van der Waals surface area contributed by atoms with Crippen molar-refractivity contribution in [3.8, 4) is 5.75 Å². The summed E-state index contributed by atoms with van der Waals surface area (Å²) in [5.41, 5.74) is 1.29. The molecule has 0 atom stereocenters. The SMILES string of the molecule is O=C(O)c1cc(F)ccc1COc1ccc(CCO)cc1. The number of benzene rings is 2. The van der Waals surface area contributed by atoms with E-state index < -0.39 is 11.8 Å². The molecule has 0 amide bonds. The summed E-state index contributed by atoms with van der Waals surface area (Å²) in [6.45, 7) is 0.124. The Morgan fingerprint density at radius 2 is 1.86 bits per heavy atom. The Labute approximate surface area is 121 Å². The lowest BCUT2D eigenvalue weighted by Crippen LogP contribution is -2.06. The molecule has 2 aromatic rings. The summed E-state index contributed by atoms with van der Waals surface area (Å²) in [5, 5.41) is 17.9. The third-order valence-electron chi connectivity index (χ3n) is 3.02. The molecule has 0 fully saturated rings. The topological polar surface area (TPSA) is 66.8 Å². The van der Waals surface area contributed by atoms with Crippen molar-refractivity contribution in [2.24, 2.45) is 0 Å². The zero-order chi connectivity index (χ0) is 15.2. The maximum absolute atomic E-state index is 13.1. The van der Waals surface area contributed by atoms with Crippen LogP contribution in [0.5, 0.6) is 5.75 Å². The van der Waals surface area contributed by atoms with Crippen LogP contribution in [0.15, 0.2) is 42.5 Å². The van der Waals surface area contributed by atoms with Crippen molar-refractivity contribution in [2.75, 3.05) is 6.61 Å². The average molecular weight is 290 g/mol. The van der Waals surface area contributed by atoms with E-state index in [9.17, 15) is 9.18 Å². The Balaban J connectivity index is 2.07. The van der Waals surface area contributed by atoms with E-state index in [1.165, 1.54) is 12.1 Å². The van der Waals surface area contributed by atoms with Gasteiger partial charge in [0.05, 0.1) is 5.56 Å². The summed E-state index contributed by atoms with van der Waals surface area (Å²) < 4.78 is 18.6. The molecule has 0 radical (unpaired) electrons. The van der Waals surface area contributed by atoms with Crippen LogP contribution < -0.4 is 4.74 Å². The quantitative estimate of drug-likeness (QED) is 0.858. The first kappa shape index (κ1) is 15.0. The number of aliphatic hydroxyl groups is 1. The van der Waals surface area contributed by atoms with Gasteiger partial charge in [0.1, 0.15) is 18.2 Å². The lowest BCUT2D eigenvalue weighted by molar-refractivity contribution is 0.0693. The van der Waals surface area contributed by atoms with Gasteiger partial charge in [-0.15, -0.1) is 0 Å². The van der Waals surface area contributed by atoms with E-state index in [0.717, 1.165) is 11.6 Å². The summed E-state index contributed by atoms with van der Waals surface area (Å²) in [6.07, 6.45) is 0.571. The number of halogens is 1. The number of aliphatic hydroxyl groups excluding tert-OH is 1. The minimum absolute atomic E-state index is 0.0429. The molecule has 110 valence electrons. The highest BCUT2D eigenvalue weighted by Gasteiger charge is 2.11. The van der Waals surface area contributed by atoms with Gasteiger partial charge in [0.25, 0.3) is 0 Å². The Hall–Kier alpha value is -2.40. The number of carboxylic acid groups (broad SMARTS) is 1. The van der Waals surface area contributed by atoms with E-state index >= 15 is 0 Å². The van der Waals surface area contributed by atoms with E-state index in [4.69, 9.17) is 14.9 Å². The maximum Gasteiger partial charge on any atom is 0.336 e. The molecule has 0 aliphatic heterocycles. The molecule has 21 heavy (non-hydrogen) atoms. The number of carboxylic acids is 1. The third kappa shape index (κ3) is 4.03. The Morgan fingerprint density at radius 1 is 1.14 bits per heavy atom. The van der Waals surface area contributed by atoms with Crippen molar-refractivity contribution < 1.29 is 24.1 Å². The van der Waals surface area contributed by atoms with Crippen molar-refractivity contribution in [3.63, 3.8) is 0 Å². The van der Waals surface area contributed by atoms with Gasteiger partial charge in [0, 0.05) is 12.2 Å². The normalized spacial score (nSPS) is 10.4. The second-order valence-electron chi connectivity index (χ2n) is 4.51. The zero-order valence-electron chi connectivity index (χ0n) is 11.3. The van der Waals surface area contributed by atoms with Gasteiger partial charge in [-0.3, -0.25) is 0 Å². The van der Waals surface area contributed by atoms with Gasteiger partial charge in [-0.2, -0.15) is 0 Å². The van der Waals surface area contributed by atoms with E-state index in [0.29, 0.717) is 17.7 Å². The number of rotatable bonds is 6. The van der Waals surface area contributed by atoms with Gasteiger partial charge in [-0.1, -0.05) is 18.2 Å². The van der Waals surface area contributed by atoms with Gasteiger partial charge in [0.15, 0.2) is 0 Å². The van der Waals surface area contributed by atoms with E-state index in [2.05, 4.69) is 0 Å². The van der Waals surface area contributed by atoms with Crippen LogP contribution in [0.1, 0.15) is 21.5 Å². The molecular weight excluding hydrogens is 275 g/mol. The average Bonchev–Trinajstić information content (AvgIpc) is 2.47. The zero-order valence-corrected chi connectivity index (χ0v) is 11.3.